The molecular formula is C14H21ClN2O. The molecule has 0 saturated carbocycles. The first-order chi connectivity index (χ1) is 8.43. The van der Waals surface area contributed by atoms with Gasteiger partial charge in [0.25, 0.3) is 0 Å². The number of anilines is 1. The number of halogens is 1. The van der Waals surface area contributed by atoms with E-state index in [4.69, 9.17) is 11.6 Å². The van der Waals surface area contributed by atoms with Gasteiger partial charge in [-0.05, 0) is 44.4 Å². The van der Waals surface area contributed by atoms with Crippen molar-refractivity contribution in [3.05, 3.63) is 28.3 Å². The zero-order valence-electron chi connectivity index (χ0n) is 11.4. The second kappa shape index (κ2) is 6.76. The Morgan fingerprint density at radius 2 is 2.06 bits per heavy atom. The normalized spacial score (nSPS) is 12.3. The third-order valence-electron chi connectivity index (χ3n) is 2.92. The smallest absolute Gasteiger partial charge is 0.238 e. The van der Waals surface area contributed by atoms with Crippen molar-refractivity contribution in [1.82, 2.24) is 5.32 Å². The largest absolute Gasteiger partial charge is 0.323 e. The summed E-state index contributed by atoms with van der Waals surface area (Å²) in [4.78, 5) is 11.8. The zero-order chi connectivity index (χ0) is 13.7. The Hall–Kier alpha value is -1.06. The summed E-state index contributed by atoms with van der Waals surface area (Å²) in [5, 5.41) is 6.59. The topological polar surface area (TPSA) is 41.1 Å². The van der Waals surface area contributed by atoms with Crippen LogP contribution in [0.25, 0.3) is 0 Å². The van der Waals surface area contributed by atoms with Gasteiger partial charge in [-0.2, -0.15) is 0 Å². The minimum absolute atomic E-state index is 0.0656. The number of amides is 1. The molecule has 0 bridgehead atoms. The average Bonchev–Trinajstić information content (AvgIpc) is 2.30. The highest BCUT2D eigenvalue weighted by Crippen LogP contribution is 2.27. The molecule has 0 aromatic heterocycles. The molecule has 1 atom stereocenters. The molecule has 18 heavy (non-hydrogen) atoms. The van der Waals surface area contributed by atoms with E-state index in [2.05, 4.69) is 24.5 Å². The van der Waals surface area contributed by atoms with E-state index in [0.29, 0.717) is 23.3 Å². The maximum atomic E-state index is 11.8. The van der Waals surface area contributed by atoms with Crippen molar-refractivity contribution >= 4 is 23.2 Å². The van der Waals surface area contributed by atoms with E-state index in [9.17, 15) is 4.79 Å². The van der Waals surface area contributed by atoms with Crippen LogP contribution in [0.5, 0.6) is 0 Å². The van der Waals surface area contributed by atoms with Crippen LogP contribution in [0.4, 0.5) is 5.69 Å². The van der Waals surface area contributed by atoms with Gasteiger partial charge in [0.1, 0.15) is 0 Å². The molecule has 1 amide bonds. The summed E-state index contributed by atoms with van der Waals surface area (Å²) in [6.45, 7) is 8.36. The lowest BCUT2D eigenvalue weighted by atomic mass is 10.1. The summed E-state index contributed by atoms with van der Waals surface area (Å²) in [7, 11) is 0. The Labute approximate surface area is 114 Å². The van der Waals surface area contributed by atoms with Gasteiger partial charge in [0.05, 0.1) is 17.3 Å². The summed E-state index contributed by atoms with van der Waals surface area (Å²) in [6.07, 6.45) is 0.998. The van der Waals surface area contributed by atoms with Crippen molar-refractivity contribution < 1.29 is 4.79 Å². The number of hydrogen-bond acceptors (Lipinski definition) is 2. The lowest BCUT2D eigenvalue weighted by Crippen LogP contribution is -2.34. The van der Waals surface area contributed by atoms with Gasteiger partial charge in [-0.1, -0.05) is 24.6 Å². The molecule has 3 nitrogen and oxygen atoms in total. The lowest BCUT2D eigenvalue weighted by molar-refractivity contribution is -0.115. The summed E-state index contributed by atoms with van der Waals surface area (Å²) in [5.41, 5.74) is 2.78. The Kier molecular flexibility index (Phi) is 5.63. The summed E-state index contributed by atoms with van der Waals surface area (Å²) >= 11 is 6.13. The van der Waals surface area contributed by atoms with Crippen molar-refractivity contribution in [1.29, 1.82) is 0 Å². The minimum Gasteiger partial charge on any atom is -0.323 e. The quantitative estimate of drug-likeness (QED) is 0.860. The molecule has 1 aromatic rings. The first-order valence-corrected chi connectivity index (χ1v) is 6.61. The molecule has 0 spiro atoms. The van der Waals surface area contributed by atoms with Gasteiger partial charge in [0.2, 0.25) is 5.91 Å². The molecule has 1 rings (SSSR count). The highest BCUT2D eigenvalue weighted by atomic mass is 35.5. The van der Waals surface area contributed by atoms with Crippen LogP contribution in [0.2, 0.25) is 5.02 Å². The van der Waals surface area contributed by atoms with Gasteiger partial charge in [-0.15, -0.1) is 0 Å². The number of aryl methyl sites for hydroxylation is 2. The fourth-order valence-electron chi connectivity index (χ4n) is 1.67. The molecule has 0 aliphatic rings. The minimum atomic E-state index is -0.0656. The van der Waals surface area contributed by atoms with Crippen LogP contribution in [-0.4, -0.2) is 18.5 Å². The van der Waals surface area contributed by atoms with Crippen LogP contribution < -0.4 is 10.6 Å². The fraction of sp³-hybridized carbons (Fsp3) is 0.500. The zero-order valence-corrected chi connectivity index (χ0v) is 12.2. The summed E-state index contributed by atoms with van der Waals surface area (Å²) in [6, 6.07) is 4.20. The average molecular weight is 269 g/mol. The Morgan fingerprint density at radius 3 is 2.61 bits per heavy atom. The van der Waals surface area contributed by atoms with Gasteiger partial charge in [-0.3, -0.25) is 4.79 Å². The monoisotopic (exact) mass is 268 g/mol. The maximum absolute atomic E-state index is 11.8. The van der Waals surface area contributed by atoms with Crippen molar-refractivity contribution in [2.24, 2.45) is 0 Å². The molecule has 0 aliphatic carbocycles. The van der Waals surface area contributed by atoms with E-state index in [1.54, 1.807) is 0 Å². The molecule has 0 radical (unpaired) electrons. The SMILES string of the molecule is CCC(C)NCC(=O)Nc1c(C)cc(C)cc1Cl. The molecule has 1 unspecified atom stereocenters. The number of carbonyl (C=O) groups excluding carboxylic acids is 1. The van der Waals surface area contributed by atoms with E-state index < -0.39 is 0 Å². The first-order valence-electron chi connectivity index (χ1n) is 6.24. The van der Waals surface area contributed by atoms with Crippen molar-refractivity contribution in [2.75, 3.05) is 11.9 Å². The molecule has 0 fully saturated rings. The maximum Gasteiger partial charge on any atom is 0.238 e. The number of benzene rings is 1. The van der Waals surface area contributed by atoms with Gasteiger partial charge in [0, 0.05) is 6.04 Å². The number of rotatable bonds is 5. The third-order valence-corrected chi connectivity index (χ3v) is 3.22. The molecule has 0 saturated heterocycles. The molecule has 4 heteroatoms. The highest BCUT2D eigenvalue weighted by Gasteiger charge is 2.10. The number of nitrogens with one attached hydrogen (secondary N) is 2. The first kappa shape index (κ1) is 15.0. The van der Waals surface area contributed by atoms with Gasteiger partial charge in [-0.25, -0.2) is 0 Å². The van der Waals surface area contributed by atoms with E-state index >= 15 is 0 Å². The van der Waals surface area contributed by atoms with Crippen molar-refractivity contribution in [3.8, 4) is 0 Å². The Balaban J connectivity index is 2.65. The number of carbonyl (C=O) groups is 1. The Bertz CT molecular complexity index is 409. The molecule has 2 N–H and O–H groups in total. The third kappa shape index (κ3) is 4.31. The molecular weight excluding hydrogens is 248 g/mol. The molecule has 1 aromatic carbocycles. The van der Waals surface area contributed by atoms with Crippen LogP contribution in [0.3, 0.4) is 0 Å². The van der Waals surface area contributed by atoms with Crippen LogP contribution in [-0.2, 0) is 4.79 Å². The van der Waals surface area contributed by atoms with Crippen molar-refractivity contribution in [2.45, 2.75) is 40.2 Å². The van der Waals surface area contributed by atoms with Gasteiger partial charge < -0.3 is 10.6 Å². The van der Waals surface area contributed by atoms with Crippen LogP contribution >= 0.6 is 11.6 Å². The highest BCUT2D eigenvalue weighted by molar-refractivity contribution is 6.34. The second-order valence-electron chi connectivity index (χ2n) is 4.68. The standard InChI is InChI=1S/C14H21ClN2O/c1-5-11(4)16-8-13(18)17-14-10(3)6-9(2)7-12(14)15/h6-7,11,16H,5,8H2,1-4H3,(H,17,18). The van der Waals surface area contributed by atoms with E-state index in [-0.39, 0.29) is 5.91 Å². The van der Waals surface area contributed by atoms with Crippen molar-refractivity contribution in [3.63, 3.8) is 0 Å². The second-order valence-corrected chi connectivity index (χ2v) is 5.08. The van der Waals surface area contributed by atoms with Crippen LogP contribution in [0.15, 0.2) is 12.1 Å². The molecule has 100 valence electrons. The Morgan fingerprint density at radius 1 is 1.39 bits per heavy atom. The van der Waals surface area contributed by atoms with Gasteiger partial charge in [0.15, 0.2) is 0 Å². The fourth-order valence-corrected chi connectivity index (χ4v) is 2.04. The lowest BCUT2D eigenvalue weighted by Gasteiger charge is -2.14. The predicted molar refractivity (Wildman–Crippen MR) is 77.3 cm³/mol. The van der Waals surface area contributed by atoms with Crippen LogP contribution in [0.1, 0.15) is 31.4 Å². The molecule has 0 heterocycles. The van der Waals surface area contributed by atoms with E-state index in [0.717, 1.165) is 17.5 Å². The summed E-state index contributed by atoms with van der Waals surface area (Å²) in [5.74, 6) is -0.0656. The molecule has 0 aliphatic heterocycles. The van der Waals surface area contributed by atoms with Crippen LogP contribution in [0, 0.1) is 13.8 Å². The van der Waals surface area contributed by atoms with Gasteiger partial charge >= 0.3 is 0 Å². The predicted octanol–water partition coefficient (Wildman–Crippen LogP) is 3.28. The summed E-state index contributed by atoms with van der Waals surface area (Å²) < 4.78 is 0. The van der Waals surface area contributed by atoms with E-state index in [1.807, 2.05) is 26.0 Å². The number of hydrogen-bond donors (Lipinski definition) is 2. The van der Waals surface area contributed by atoms with E-state index in [1.165, 1.54) is 0 Å².